The molecule has 2 N–H and O–H groups in total. The van der Waals surface area contributed by atoms with E-state index in [0.29, 0.717) is 0 Å². The Morgan fingerprint density at radius 3 is 1.86 bits per heavy atom. The third-order valence-electron chi connectivity index (χ3n) is 8.43. The first-order valence-corrected chi connectivity index (χ1v) is 12.2. The van der Waals surface area contributed by atoms with Gasteiger partial charge in [0, 0.05) is 11.0 Å². The quantitative estimate of drug-likeness (QED) is 0.528. The van der Waals surface area contributed by atoms with E-state index < -0.39 is 0 Å². The van der Waals surface area contributed by atoms with E-state index in [1.165, 1.54) is 101 Å². The summed E-state index contributed by atoms with van der Waals surface area (Å²) in [6.07, 6.45) is 21.2. The number of hydrogen-bond donors (Lipinski definition) is 1. The third-order valence-corrected chi connectivity index (χ3v) is 8.43. The molecule has 28 heavy (non-hydrogen) atoms. The molecule has 1 nitrogen and oxygen atoms in total. The molecule has 0 aliphatic heterocycles. The molecule has 1 aromatic carbocycles. The van der Waals surface area contributed by atoms with Crippen LogP contribution in [0, 0.1) is 5.92 Å². The van der Waals surface area contributed by atoms with E-state index in [-0.39, 0.29) is 11.0 Å². The Balaban J connectivity index is 1.60. The molecule has 0 radical (unpaired) electrons. The average Bonchev–Trinajstić information content (AvgIpc) is 2.83. The maximum atomic E-state index is 7.00. The van der Waals surface area contributed by atoms with Gasteiger partial charge in [0.1, 0.15) is 0 Å². The van der Waals surface area contributed by atoms with Crippen LogP contribution in [0.25, 0.3) is 0 Å². The SMILES string of the molecule is C=C1C2CCCCCC1(c1ccc(C3(N)CCCCCCCC3)cc1)CCC2. The van der Waals surface area contributed by atoms with Crippen molar-refractivity contribution in [2.24, 2.45) is 11.7 Å². The van der Waals surface area contributed by atoms with Crippen LogP contribution in [0.4, 0.5) is 0 Å². The first-order valence-electron chi connectivity index (χ1n) is 12.2. The molecule has 3 aliphatic rings. The maximum Gasteiger partial charge on any atom is 0.0409 e. The number of rotatable bonds is 2. The Labute approximate surface area is 173 Å². The number of fused-ring (bicyclic) bond motifs is 2. The van der Waals surface area contributed by atoms with Crippen molar-refractivity contribution in [2.75, 3.05) is 0 Å². The lowest BCUT2D eigenvalue weighted by atomic mass is 9.59. The molecule has 0 saturated heterocycles. The highest BCUT2D eigenvalue weighted by atomic mass is 14.7. The zero-order valence-electron chi connectivity index (χ0n) is 18.0. The fourth-order valence-electron chi connectivity index (χ4n) is 6.57. The molecule has 0 aromatic heterocycles. The van der Waals surface area contributed by atoms with Crippen LogP contribution in [0.1, 0.15) is 114 Å². The van der Waals surface area contributed by atoms with E-state index in [9.17, 15) is 0 Å². The Bertz CT molecular complexity index is 647. The van der Waals surface area contributed by atoms with Gasteiger partial charge in [0.05, 0.1) is 0 Å². The summed E-state index contributed by atoms with van der Waals surface area (Å²) in [6, 6.07) is 9.65. The lowest BCUT2D eigenvalue weighted by Crippen LogP contribution is -2.38. The predicted octanol–water partition coefficient (Wildman–Crippen LogP) is 7.53. The second-order valence-corrected chi connectivity index (χ2v) is 10.2. The van der Waals surface area contributed by atoms with Crippen molar-refractivity contribution < 1.29 is 0 Å². The second kappa shape index (κ2) is 8.74. The van der Waals surface area contributed by atoms with E-state index in [0.717, 1.165) is 18.8 Å². The minimum atomic E-state index is -0.117. The van der Waals surface area contributed by atoms with Crippen LogP contribution in [0.15, 0.2) is 36.4 Å². The van der Waals surface area contributed by atoms with E-state index >= 15 is 0 Å². The predicted molar refractivity (Wildman–Crippen MR) is 120 cm³/mol. The highest BCUT2D eigenvalue weighted by molar-refractivity contribution is 5.40. The largest absolute Gasteiger partial charge is 0.321 e. The van der Waals surface area contributed by atoms with E-state index in [1.807, 2.05) is 0 Å². The van der Waals surface area contributed by atoms with Gasteiger partial charge in [0.2, 0.25) is 0 Å². The van der Waals surface area contributed by atoms with Crippen LogP contribution in [0.3, 0.4) is 0 Å². The molecule has 3 aliphatic carbocycles. The van der Waals surface area contributed by atoms with Gasteiger partial charge in [-0.15, -0.1) is 0 Å². The molecule has 0 heterocycles. The molecule has 2 unspecified atom stereocenters. The molecular formula is C27H41N. The lowest BCUT2D eigenvalue weighted by Gasteiger charge is -2.46. The average molecular weight is 380 g/mol. The van der Waals surface area contributed by atoms with Crippen molar-refractivity contribution >= 4 is 0 Å². The summed E-state index contributed by atoms with van der Waals surface area (Å²) in [5.41, 5.74) is 11.6. The normalized spacial score (nSPS) is 31.8. The van der Waals surface area contributed by atoms with Crippen LogP contribution in [-0.4, -0.2) is 0 Å². The molecule has 2 bridgehead atoms. The molecular weight excluding hydrogens is 338 g/mol. The van der Waals surface area contributed by atoms with E-state index in [2.05, 4.69) is 30.8 Å². The van der Waals surface area contributed by atoms with Gasteiger partial charge in [0.15, 0.2) is 0 Å². The van der Waals surface area contributed by atoms with Gasteiger partial charge in [0.25, 0.3) is 0 Å². The minimum absolute atomic E-state index is 0.117. The molecule has 2 atom stereocenters. The number of hydrogen-bond acceptors (Lipinski definition) is 1. The summed E-state index contributed by atoms with van der Waals surface area (Å²) in [6.45, 7) is 4.68. The molecule has 154 valence electrons. The number of nitrogens with two attached hydrogens (primary N) is 1. The molecule has 1 heteroatoms. The zero-order valence-corrected chi connectivity index (χ0v) is 18.0. The molecule has 4 rings (SSSR count). The van der Waals surface area contributed by atoms with Crippen molar-refractivity contribution in [3.63, 3.8) is 0 Å². The Kier molecular flexibility index (Phi) is 6.30. The molecule has 0 amide bonds. The first kappa shape index (κ1) is 20.2. The highest BCUT2D eigenvalue weighted by Gasteiger charge is 2.41. The molecule has 1 aromatic rings. The number of allylic oxidation sites excluding steroid dienone is 1. The lowest BCUT2D eigenvalue weighted by molar-refractivity contribution is 0.262. The van der Waals surface area contributed by atoms with Crippen molar-refractivity contribution in [2.45, 2.75) is 114 Å². The Morgan fingerprint density at radius 1 is 0.643 bits per heavy atom. The first-order chi connectivity index (χ1) is 13.6. The standard InChI is InChI=1S/C27H41N/c1-22-23-12-7-6-8-18-26(22,19-11-13-23)24-14-16-25(17-15-24)27(28)20-9-4-2-3-5-10-21-27/h14-17,23H,1-13,18-21,28H2. The molecule has 3 fully saturated rings. The minimum Gasteiger partial charge on any atom is -0.321 e. The summed E-state index contributed by atoms with van der Waals surface area (Å²) in [5, 5.41) is 0. The van der Waals surface area contributed by atoms with Gasteiger partial charge in [-0.25, -0.2) is 0 Å². The van der Waals surface area contributed by atoms with Crippen molar-refractivity contribution in [3.05, 3.63) is 47.5 Å². The summed E-state index contributed by atoms with van der Waals surface area (Å²) in [7, 11) is 0. The third kappa shape index (κ3) is 3.97. The second-order valence-electron chi connectivity index (χ2n) is 10.2. The summed E-state index contributed by atoms with van der Waals surface area (Å²) < 4.78 is 0. The van der Waals surface area contributed by atoms with E-state index in [4.69, 9.17) is 5.73 Å². The van der Waals surface area contributed by atoms with Gasteiger partial charge < -0.3 is 5.73 Å². The maximum absolute atomic E-state index is 7.00. The zero-order chi connectivity index (χ0) is 19.5. The van der Waals surface area contributed by atoms with Gasteiger partial charge in [-0.3, -0.25) is 0 Å². The van der Waals surface area contributed by atoms with Crippen LogP contribution in [0.5, 0.6) is 0 Å². The molecule has 0 spiro atoms. The summed E-state index contributed by atoms with van der Waals surface area (Å²) in [5.74, 6) is 0.754. The van der Waals surface area contributed by atoms with Gasteiger partial charge in [-0.05, 0) is 55.6 Å². The summed E-state index contributed by atoms with van der Waals surface area (Å²) in [4.78, 5) is 0. The van der Waals surface area contributed by atoms with Crippen molar-refractivity contribution in [3.8, 4) is 0 Å². The smallest absolute Gasteiger partial charge is 0.0409 e. The monoisotopic (exact) mass is 379 g/mol. The van der Waals surface area contributed by atoms with Gasteiger partial charge >= 0.3 is 0 Å². The van der Waals surface area contributed by atoms with Gasteiger partial charge in [-0.1, -0.05) is 101 Å². The fraction of sp³-hybridized carbons (Fsp3) is 0.704. The highest BCUT2D eigenvalue weighted by Crippen LogP contribution is 2.51. The van der Waals surface area contributed by atoms with Crippen molar-refractivity contribution in [1.29, 1.82) is 0 Å². The van der Waals surface area contributed by atoms with Crippen LogP contribution in [-0.2, 0) is 11.0 Å². The Morgan fingerprint density at radius 2 is 1.14 bits per heavy atom. The van der Waals surface area contributed by atoms with Crippen molar-refractivity contribution in [1.82, 2.24) is 0 Å². The van der Waals surface area contributed by atoms with Crippen LogP contribution < -0.4 is 5.73 Å². The fourth-order valence-corrected chi connectivity index (χ4v) is 6.57. The van der Waals surface area contributed by atoms with E-state index in [1.54, 1.807) is 5.57 Å². The Hall–Kier alpha value is -1.08. The van der Waals surface area contributed by atoms with Crippen LogP contribution >= 0.6 is 0 Å². The molecule has 3 saturated carbocycles. The number of benzene rings is 1. The van der Waals surface area contributed by atoms with Crippen LogP contribution in [0.2, 0.25) is 0 Å². The topological polar surface area (TPSA) is 26.0 Å². The summed E-state index contributed by atoms with van der Waals surface area (Å²) >= 11 is 0. The van der Waals surface area contributed by atoms with Gasteiger partial charge in [-0.2, -0.15) is 0 Å².